The SMILES string of the molecule is CCOC(=O)C(CCC(=N)N)C(=N)N. The lowest BCUT2D eigenvalue weighted by Crippen LogP contribution is -2.32. The van der Waals surface area contributed by atoms with Crippen LogP contribution in [-0.2, 0) is 9.53 Å². The van der Waals surface area contributed by atoms with Crippen molar-refractivity contribution in [2.45, 2.75) is 19.8 Å². The van der Waals surface area contributed by atoms with Crippen LogP contribution in [0.1, 0.15) is 19.8 Å². The van der Waals surface area contributed by atoms with Crippen LogP contribution in [0.15, 0.2) is 0 Å². The van der Waals surface area contributed by atoms with Gasteiger partial charge in [0.25, 0.3) is 0 Å². The molecule has 6 N–H and O–H groups in total. The molecular weight excluding hydrogens is 184 g/mol. The van der Waals surface area contributed by atoms with Crippen LogP contribution in [0.2, 0.25) is 0 Å². The van der Waals surface area contributed by atoms with Crippen molar-refractivity contribution in [2.24, 2.45) is 17.4 Å². The van der Waals surface area contributed by atoms with Crippen LogP contribution < -0.4 is 11.5 Å². The fourth-order valence-electron chi connectivity index (χ4n) is 0.943. The minimum atomic E-state index is -0.779. The van der Waals surface area contributed by atoms with Gasteiger partial charge in [0, 0.05) is 6.42 Å². The van der Waals surface area contributed by atoms with Crippen molar-refractivity contribution in [2.75, 3.05) is 6.61 Å². The number of hydrogen-bond donors (Lipinski definition) is 4. The summed E-state index contributed by atoms with van der Waals surface area (Å²) in [6, 6.07) is 0. The van der Waals surface area contributed by atoms with Crippen molar-refractivity contribution in [1.82, 2.24) is 0 Å². The van der Waals surface area contributed by atoms with E-state index in [1.807, 2.05) is 0 Å². The first kappa shape index (κ1) is 12.4. The summed E-state index contributed by atoms with van der Waals surface area (Å²) in [5.74, 6) is -1.58. The lowest BCUT2D eigenvalue weighted by molar-refractivity contribution is -0.145. The van der Waals surface area contributed by atoms with E-state index in [-0.39, 0.29) is 31.1 Å². The molecule has 0 fully saturated rings. The number of carbonyl (C=O) groups excluding carboxylic acids is 1. The number of carbonyl (C=O) groups is 1. The van der Waals surface area contributed by atoms with E-state index in [4.69, 9.17) is 27.0 Å². The standard InChI is InChI=1S/C8H16N4O2/c1-2-14-8(13)5(7(11)12)3-4-6(9)10/h5H,2-4H2,1H3,(H3,9,10)(H3,11,12). The molecule has 80 valence electrons. The van der Waals surface area contributed by atoms with E-state index in [1.165, 1.54) is 0 Å². The van der Waals surface area contributed by atoms with Gasteiger partial charge in [-0.25, -0.2) is 0 Å². The molecule has 0 aliphatic carbocycles. The largest absolute Gasteiger partial charge is 0.465 e. The average molecular weight is 200 g/mol. The van der Waals surface area contributed by atoms with Crippen molar-refractivity contribution >= 4 is 17.6 Å². The molecule has 0 saturated heterocycles. The van der Waals surface area contributed by atoms with Gasteiger partial charge in [-0.15, -0.1) is 0 Å². The molecule has 0 amide bonds. The molecule has 0 saturated carbocycles. The minimum Gasteiger partial charge on any atom is -0.465 e. The fourth-order valence-corrected chi connectivity index (χ4v) is 0.943. The van der Waals surface area contributed by atoms with Crippen molar-refractivity contribution in [1.29, 1.82) is 10.8 Å². The zero-order valence-corrected chi connectivity index (χ0v) is 8.17. The first-order valence-corrected chi connectivity index (χ1v) is 4.32. The Bertz CT molecular complexity index is 239. The van der Waals surface area contributed by atoms with E-state index in [1.54, 1.807) is 6.92 Å². The highest BCUT2D eigenvalue weighted by atomic mass is 16.5. The van der Waals surface area contributed by atoms with E-state index < -0.39 is 11.9 Å². The van der Waals surface area contributed by atoms with Gasteiger partial charge in [-0.1, -0.05) is 0 Å². The highest BCUT2D eigenvalue weighted by Crippen LogP contribution is 2.08. The van der Waals surface area contributed by atoms with E-state index in [0.29, 0.717) is 0 Å². The molecule has 6 nitrogen and oxygen atoms in total. The first-order chi connectivity index (χ1) is 6.49. The number of amidine groups is 2. The Morgan fingerprint density at radius 1 is 1.43 bits per heavy atom. The van der Waals surface area contributed by atoms with Gasteiger partial charge >= 0.3 is 5.97 Å². The predicted octanol–water partition coefficient (Wildman–Crippen LogP) is -0.182. The highest BCUT2D eigenvalue weighted by Gasteiger charge is 2.22. The Hall–Kier alpha value is -1.59. The number of nitrogens with one attached hydrogen (secondary N) is 2. The average Bonchev–Trinajstić information content (AvgIpc) is 2.03. The van der Waals surface area contributed by atoms with Gasteiger partial charge in [-0.05, 0) is 13.3 Å². The number of hydrogen-bond acceptors (Lipinski definition) is 4. The second-order valence-corrected chi connectivity index (χ2v) is 2.82. The third-order valence-corrected chi connectivity index (χ3v) is 1.65. The lowest BCUT2D eigenvalue weighted by atomic mass is 10.0. The van der Waals surface area contributed by atoms with Gasteiger partial charge in [0.15, 0.2) is 0 Å². The molecule has 0 aromatic rings. The third kappa shape index (κ3) is 4.44. The van der Waals surface area contributed by atoms with Crippen molar-refractivity contribution in [3.63, 3.8) is 0 Å². The van der Waals surface area contributed by atoms with Crippen molar-refractivity contribution in [3.8, 4) is 0 Å². The molecule has 0 aromatic heterocycles. The Kier molecular flexibility index (Phi) is 5.28. The lowest BCUT2D eigenvalue weighted by Gasteiger charge is -2.13. The fraction of sp³-hybridized carbons (Fsp3) is 0.625. The van der Waals surface area contributed by atoms with Crippen LogP contribution in [0.3, 0.4) is 0 Å². The van der Waals surface area contributed by atoms with Crippen molar-refractivity contribution < 1.29 is 9.53 Å². The first-order valence-electron chi connectivity index (χ1n) is 4.32. The van der Waals surface area contributed by atoms with E-state index in [9.17, 15) is 4.79 Å². The third-order valence-electron chi connectivity index (χ3n) is 1.65. The predicted molar refractivity (Wildman–Crippen MR) is 53.2 cm³/mol. The Labute approximate surface area is 82.6 Å². The number of nitrogens with two attached hydrogens (primary N) is 2. The molecular formula is C8H16N4O2. The number of ether oxygens (including phenoxy) is 1. The van der Waals surface area contributed by atoms with Crippen LogP contribution in [0.5, 0.6) is 0 Å². The summed E-state index contributed by atoms with van der Waals surface area (Å²) in [7, 11) is 0. The van der Waals surface area contributed by atoms with Crippen LogP contribution >= 0.6 is 0 Å². The molecule has 0 aliphatic rings. The maximum absolute atomic E-state index is 11.2. The molecule has 1 atom stereocenters. The van der Waals surface area contributed by atoms with Crippen LogP contribution in [0, 0.1) is 16.7 Å². The smallest absolute Gasteiger partial charge is 0.316 e. The second kappa shape index (κ2) is 5.95. The molecule has 0 rings (SSSR count). The molecule has 0 bridgehead atoms. The van der Waals surface area contributed by atoms with Gasteiger partial charge in [0.1, 0.15) is 11.8 Å². The van der Waals surface area contributed by atoms with Crippen molar-refractivity contribution in [3.05, 3.63) is 0 Å². The molecule has 6 heteroatoms. The number of esters is 1. The summed E-state index contributed by atoms with van der Waals surface area (Å²) < 4.78 is 4.73. The zero-order chi connectivity index (χ0) is 11.1. The molecule has 0 radical (unpaired) electrons. The number of rotatable bonds is 6. The van der Waals surface area contributed by atoms with E-state index >= 15 is 0 Å². The molecule has 0 aromatic carbocycles. The topological polar surface area (TPSA) is 126 Å². The minimum absolute atomic E-state index is 0.0273. The Balaban J connectivity index is 4.22. The summed E-state index contributed by atoms with van der Waals surface area (Å²) in [4.78, 5) is 11.2. The highest BCUT2D eigenvalue weighted by molar-refractivity contribution is 5.98. The quantitative estimate of drug-likeness (QED) is 0.269. The molecule has 14 heavy (non-hydrogen) atoms. The molecule has 0 heterocycles. The summed E-state index contributed by atoms with van der Waals surface area (Å²) >= 11 is 0. The summed E-state index contributed by atoms with van der Waals surface area (Å²) in [6.07, 6.45) is 0.493. The van der Waals surface area contributed by atoms with E-state index in [2.05, 4.69) is 0 Å². The van der Waals surface area contributed by atoms with Crippen LogP contribution in [0.25, 0.3) is 0 Å². The second-order valence-electron chi connectivity index (χ2n) is 2.82. The summed E-state index contributed by atoms with van der Waals surface area (Å²) in [6.45, 7) is 1.93. The van der Waals surface area contributed by atoms with Gasteiger partial charge in [0.2, 0.25) is 0 Å². The van der Waals surface area contributed by atoms with Gasteiger partial charge in [-0.2, -0.15) is 0 Å². The van der Waals surface area contributed by atoms with Crippen LogP contribution in [-0.4, -0.2) is 24.2 Å². The van der Waals surface area contributed by atoms with Crippen LogP contribution in [0.4, 0.5) is 0 Å². The Morgan fingerprint density at radius 2 is 2.00 bits per heavy atom. The zero-order valence-electron chi connectivity index (χ0n) is 8.17. The molecule has 1 unspecified atom stereocenters. The summed E-state index contributed by atoms with van der Waals surface area (Å²) in [5.41, 5.74) is 10.4. The monoisotopic (exact) mass is 200 g/mol. The molecule has 0 aliphatic heterocycles. The normalized spacial score (nSPS) is 11.8. The Morgan fingerprint density at radius 3 is 2.36 bits per heavy atom. The maximum Gasteiger partial charge on any atom is 0.316 e. The van der Waals surface area contributed by atoms with Gasteiger partial charge in [0.05, 0.1) is 12.4 Å². The summed E-state index contributed by atoms with van der Waals surface area (Å²) in [5, 5.41) is 14.2. The van der Waals surface area contributed by atoms with Gasteiger partial charge in [-0.3, -0.25) is 15.6 Å². The van der Waals surface area contributed by atoms with Gasteiger partial charge < -0.3 is 16.2 Å². The maximum atomic E-state index is 11.2. The molecule has 0 spiro atoms. The van der Waals surface area contributed by atoms with E-state index in [0.717, 1.165) is 0 Å².